The van der Waals surface area contributed by atoms with Gasteiger partial charge in [-0.2, -0.15) is 0 Å². The number of hydrogen-bond acceptors (Lipinski definition) is 6. The summed E-state index contributed by atoms with van der Waals surface area (Å²) in [4.78, 5) is 2.91. The van der Waals surface area contributed by atoms with E-state index in [1.807, 2.05) is 91.0 Å². The van der Waals surface area contributed by atoms with E-state index in [9.17, 15) is 5.11 Å². The number of nitrogens with zero attached hydrogens (tertiary/aromatic N) is 3. The van der Waals surface area contributed by atoms with E-state index in [-0.39, 0.29) is 13.2 Å². The number of benzene rings is 3. The molecule has 35 heavy (non-hydrogen) atoms. The Kier molecular flexibility index (Phi) is 9.25. The summed E-state index contributed by atoms with van der Waals surface area (Å²) in [6.07, 6.45) is -3.38. The van der Waals surface area contributed by atoms with E-state index in [0.29, 0.717) is 13.2 Å². The molecule has 1 saturated heterocycles. The van der Waals surface area contributed by atoms with Crippen molar-refractivity contribution in [2.75, 3.05) is 6.61 Å². The molecule has 1 heterocycles. The Balaban J connectivity index is 1.52. The van der Waals surface area contributed by atoms with Gasteiger partial charge in [0.15, 0.2) is 6.29 Å². The van der Waals surface area contributed by atoms with Crippen LogP contribution in [0, 0.1) is 0 Å². The molecule has 0 aliphatic carbocycles. The first-order valence-corrected chi connectivity index (χ1v) is 11.5. The van der Waals surface area contributed by atoms with Crippen LogP contribution in [0.1, 0.15) is 16.7 Å². The van der Waals surface area contributed by atoms with Gasteiger partial charge in [-0.1, -0.05) is 96.1 Å². The maximum atomic E-state index is 10.7. The van der Waals surface area contributed by atoms with Crippen molar-refractivity contribution in [2.45, 2.75) is 50.5 Å². The Bertz CT molecular complexity index is 1060. The van der Waals surface area contributed by atoms with Crippen LogP contribution in [0.15, 0.2) is 96.1 Å². The molecule has 4 rings (SSSR count). The fourth-order valence-electron chi connectivity index (χ4n) is 4.02. The van der Waals surface area contributed by atoms with Crippen molar-refractivity contribution in [1.82, 2.24) is 0 Å². The van der Waals surface area contributed by atoms with E-state index in [2.05, 4.69) is 10.0 Å². The molecule has 0 radical (unpaired) electrons. The normalized spacial score (nSPS) is 24.0. The van der Waals surface area contributed by atoms with Crippen LogP contribution >= 0.6 is 0 Å². The van der Waals surface area contributed by atoms with Gasteiger partial charge in [0, 0.05) is 4.91 Å². The summed E-state index contributed by atoms with van der Waals surface area (Å²) in [5.74, 6) is 0. The molecule has 8 heteroatoms. The van der Waals surface area contributed by atoms with Crippen molar-refractivity contribution in [2.24, 2.45) is 5.11 Å². The summed E-state index contributed by atoms with van der Waals surface area (Å²) in [5, 5.41) is 14.5. The van der Waals surface area contributed by atoms with Crippen molar-refractivity contribution < 1.29 is 24.1 Å². The van der Waals surface area contributed by atoms with Gasteiger partial charge in [0.05, 0.1) is 26.4 Å². The standard InChI is InChI=1S/C27H29N3O5/c28-30-29-24-26(34-18-22-14-8-3-9-15-22)25(33-17-21-12-6-2-7-13-21)23(35-27(24)31)19-32-16-20-10-4-1-5-11-20/h1-15,23-27,31H,16-19H2/t23-,24-,25-,26-,27?/m1/s1. The van der Waals surface area contributed by atoms with Crippen LogP contribution in [0.4, 0.5) is 0 Å². The highest BCUT2D eigenvalue weighted by Gasteiger charge is 2.46. The molecule has 8 nitrogen and oxygen atoms in total. The zero-order valence-corrected chi connectivity index (χ0v) is 19.3. The highest BCUT2D eigenvalue weighted by Crippen LogP contribution is 2.29. The summed E-state index contributed by atoms with van der Waals surface area (Å²) in [6, 6.07) is 28.2. The number of rotatable bonds is 11. The molecular weight excluding hydrogens is 446 g/mol. The van der Waals surface area contributed by atoms with Gasteiger partial charge in [-0.3, -0.25) is 0 Å². The average Bonchev–Trinajstić information content (AvgIpc) is 2.90. The third kappa shape index (κ3) is 7.13. The Morgan fingerprint density at radius 1 is 0.743 bits per heavy atom. The molecule has 3 aromatic carbocycles. The first-order chi connectivity index (χ1) is 17.2. The summed E-state index contributed by atoms with van der Waals surface area (Å²) in [7, 11) is 0. The summed E-state index contributed by atoms with van der Waals surface area (Å²) < 4.78 is 24.3. The van der Waals surface area contributed by atoms with Gasteiger partial charge in [0.1, 0.15) is 24.4 Å². The minimum Gasteiger partial charge on any atom is -0.374 e. The molecule has 3 aromatic rings. The van der Waals surface area contributed by atoms with E-state index >= 15 is 0 Å². The largest absolute Gasteiger partial charge is 0.374 e. The van der Waals surface area contributed by atoms with Crippen molar-refractivity contribution in [3.8, 4) is 0 Å². The fraction of sp³-hybridized carbons (Fsp3) is 0.333. The van der Waals surface area contributed by atoms with E-state index < -0.39 is 30.6 Å². The van der Waals surface area contributed by atoms with E-state index in [1.165, 1.54) is 0 Å². The van der Waals surface area contributed by atoms with Gasteiger partial charge in [-0.15, -0.1) is 0 Å². The van der Waals surface area contributed by atoms with Crippen LogP contribution in [0.25, 0.3) is 10.4 Å². The number of aliphatic hydroxyl groups is 1. The minimum atomic E-state index is -1.35. The zero-order chi connectivity index (χ0) is 24.3. The fourth-order valence-corrected chi connectivity index (χ4v) is 4.02. The van der Waals surface area contributed by atoms with Crippen LogP contribution in [-0.4, -0.2) is 42.4 Å². The summed E-state index contributed by atoms with van der Waals surface area (Å²) >= 11 is 0. The first kappa shape index (κ1) is 24.9. The van der Waals surface area contributed by atoms with Crippen LogP contribution in [-0.2, 0) is 38.8 Å². The molecule has 182 valence electrons. The van der Waals surface area contributed by atoms with Crippen molar-refractivity contribution >= 4 is 0 Å². The molecule has 0 amide bonds. The molecule has 1 unspecified atom stereocenters. The van der Waals surface area contributed by atoms with Crippen LogP contribution in [0.2, 0.25) is 0 Å². The van der Waals surface area contributed by atoms with Gasteiger partial charge in [-0.05, 0) is 22.2 Å². The summed E-state index contributed by atoms with van der Waals surface area (Å²) in [5.41, 5.74) is 12.1. The maximum Gasteiger partial charge on any atom is 0.166 e. The second kappa shape index (κ2) is 13.0. The number of aliphatic hydroxyl groups excluding tert-OH is 1. The highest BCUT2D eigenvalue weighted by molar-refractivity contribution is 5.15. The smallest absolute Gasteiger partial charge is 0.166 e. The quantitative estimate of drug-likeness (QED) is 0.244. The maximum absolute atomic E-state index is 10.7. The Morgan fingerprint density at radius 3 is 1.74 bits per heavy atom. The topological polar surface area (TPSA) is 106 Å². The Hall–Kier alpha value is -3.23. The molecule has 1 aliphatic heterocycles. The lowest BCUT2D eigenvalue weighted by molar-refractivity contribution is -0.273. The number of hydrogen-bond donors (Lipinski definition) is 1. The molecule has 0 bridgehead atoms. The van der Waals surface area contributed by atoms with E-state index in [4.69, 9.17) is 24.5 Å². The molecule has 0 spiro atoms. The number of azide groups is 1. The van der Waals surface area contributed by atoms with Gasteiger partial charge in [0.25, 0.3) is 0 Å². The Morgan fingerprint density at radius 2 is 1.23 bits per heavy atom. The molecule has 1 aliphatic rings. The summed E-state index contributed by atoms with van der Waals surface area (Å²) in [6.45, 7) is 1.11. The van der Waals surface area contributed by atoms with Crippen LogP contribution < -0.4 is 0 Å². The number of ether oxygens (including phenoxy) is 4. The first-order valence-electron chi connectivity index (χ1n) is 11.5. The molecule has 0 aromatic heterocycles. The molecule has 1 fully saturated rings. The third-order valence-electron chi connectivity index (χ3n) is 5.78. The lowest BCUT2D eigenvalue weighted by atomic mass is 9.96. The average molecular weight is 476 g/mol. The van der Waals surface area contributed by atoms with Gasteiger partial charge in [-0.25, -0.2) is 0 Å². The second-order valence-electron chi connectivity index (χ2n) is 8.28. The second-order valence-corrected chi connectivity index (χ2v) is 8.28. The molecule has 0 saturated carbocycles. The highest BCUT2D eigenvalue weighted by atomic mass is 16.7. The van der Waals surface area contributed by atoms with E-state index in [1.54, 1.807) is 0 Å². The molecule has 5 atom stereocenters. The zero-order valence-electron chi connectivity index (χ0n) is 19.3. The predicted octanol–water partition coefficient (Wildman–Crippen LogP) is 4.77. The van der Waals surface area contributed by atoms with Gasteiger partial charge >= 0.3 is 0 Å². The molecular formula is C27H29N3O5. The molecule has 1 N–H and O–H groups in total. The van der Waals surface area contributed by atoms with Gasteiger partial charge in [0.2, 0.25) is 0 Å². The van der Waals surface area contributed by atoms with Crippen molar-refractivity contribution in [3.63, 3.8) is 0 Å². The monoisotopic (exact) mass is 475 g/mol. The van der Waals surface area contributed by atoms with Gasteiger partial charge < -0.3 is 24.1 Å². The van der Waals surface area contributed by atoms with Crippen molar-refractivity contribution in [1.29, 1.82) is 0 Å². The Labute approximate surface area is 204 Å². The van der Waals surface area contributed by atoms with Crippen LogP contribution in [0.3, 0.4) is 0 Å². The lowest BCUT2D eigenvalue weighted by Gasteiger charge is -2.43. The SMILES string of the molecule is [N-]=[N+]=N[C@H]1C(O)O[C@H](COCc2ccccc2)[C@@H](OCc2ccccc2)[C@@H]1OCc1ccccc1. The minimum absolute atomic E-state index is 0.166. The predicted molar refractivity (Wildman–Crippen MR) is 130 cm³/mol. The lowest BCUT2D eigenvalue weighted by Crippen LogP contribution is -2.59. The van der Waals surface area contributed by atoms with E-state index in [0.717, 1.165) is 16.7 Å². The van der Waals surface area contributed by atoms with Crippen LogP contribution in [0.5, 0.6) is 0 Å². The van der Waals surface area contributed by atoms with Crippen molar-refractivity contribution in [3.05, 3.63) is 118 Å². The third-order valence-corrected chi connectivity index (χ3v) is 5.78.